The van der Waals surface area contributed by atoms with E-state index in [1.165, 1.54) is 12.1 Å². The number of carbonyl (C=O) groups is 1. The van der Waals surface area contributed by atoms with Crippen molar-refractivity contribution in [1.82, 2.24) is 0 Å². The zero-order chi connectivity index (χ0) is 16.9. The van der Waals surface area contributed by atoms with Crippen LogP contribution in [0, 0.1) is 6.92 Å². The number of hydrogen-bond donors (Lipinski definition) is 1. The van der Waals surface area contributed by atoms with Gasteiger partial charge in [-0.2, -0.15) is 0 Å². The molecule has 2 N–H and O–H groups in total. The minimum atomic E-state index is -3.69. The van der Waals surface area contributed by atoms with Crippen LogP contribution in [-0.2, 0) is 21.1 Å². The molecular weight excluding hydrogens is 310 g/mol. The predicted molar refractivity (Wildman–Crippen MR) is 90.4 cm³/mol. The fourth-order valence-corrected chi connectivity index (χ4v) is 3.41. The van der Waals surface area contributed by atoms with E-state index in [-0.39, 0.29) is 16.9 Å². The first-order valence-corrected chi connectivity index (χ1v) is 8.79. The lowest BCUT2D eigenvalue weighted by molar-refractivity contribution is -0.114. The van der Waals surface area contributed by atoms with E-state index < -0.39 is 15.7 Å². The Morgan fingerprint density at radius 3 is 2.22 bits per heavy atom. The molecule has 23 heavy (non-hydrogen) atoms. The summed E-state index contributed by atoms with van der Waals surface area (Å²) >= 11 is 0. The molecule has 0 radical (unpaired) electrons. The molecule has 0 spiro atoms. The Morgan fingerprint density at radius 1 is 1.04 bits per heavy atom. The van der Waals surface area contributed by atoms with Gasteiger partial charge < -0.3 is 5.73 Å². The summed E-state index contributed by atoms with van der Waals surface area (Å²) in [5, 5.41) is 0.989. The topological polar surface area (TPSA) is 77.2 Å². The summed E-state index contributed by atoms with van der Waals surface area (Å²) in [6.45, 7) is 1.88. The second kappa shape index (κ2) is 7.24. The molecule has 2 aromatic rings. The van der Waals surface area contributed by atoms with Crippen LogP contribution < -0.4 is 5.73 Å². The molecule has 2 aromatic carbocycles. The Morgan fingerprint density at radius 2 is 1.65 bits per heavy atom. The highest BCUT2D eigenvalue weighted by Crippen LogP contribution is 2.17. The third kappa shape index (κ3) is 4.79. The molecular formula is C18H19NO3S. The third-order valence-electron chi connectivity index (χ3n) is 3.49. The summed E-state index contributed by atoms with van der Waals surface area (Å²) in [5.74, 6) is -0.711. The molecule has 5 heteroatoms. The van der Waals surface area contributed by atoms with Gasteiger partial charge in [-0.1, -0.05) is 48.0 Å². The van der Waals surface area contributed by atoms with Crippen molar-refractivity contribution in [2.75, 3.05) is 0 Å². The molecule has 0 aliphatic carbocycles. The summed E-state index contributed by atoms with van der Waals surface area (Å²) in [7, 11) is -3.69. The molecule has 0 atom stereocenters. The van der Waals surface area contributed by atoms with E-state index in [0.29, 0.717) is 6.42 Å². The minimum Gasteiger partial charge on any atom is -0.366 e. The molecule has 0 aromatic heterocycles. The predicted octanol–water partition coefficient (Wildman–Crippen LogP) is 2.77. The Kier molecular flexibility index (Phi) is 5.34. The SMILES string of the molecule is Cc1ccc(S(=O)(=O)/C=C(\CCc2ccccc2)C(N)=O)cc1. The van der Waals surface area contributed by atoms with E-state index in [2.05, 4.69) is 0 Å². The van der Waals surface area contributed by atoms with E-state index in [4.69, 9.17) is 5.73 Å². The maximum Gasteiger partial charge on any atom is 0.245 e. The van der Waals surface area contributed by atoms with Crippen molar-refractivity contribution < 1.29 is 13.2 Å². The fourth-order valence-electron chi connectivity index (χ4n) is 2.15. The smallest absolute Gasteiger partial charge is 0.245 e. The number of amides is 1. The number of nitrogens with two attached hydrogens (primary N) is 1. The first-order chi connectivity index (χ1) is 10.9. The highest BCUT2D eigenvalue weighted by molar-refractivity contribution is 7.94. The molecule has 0 saturated carbocycles. The first-order valence-electron chi connectivity index (χ1n) is 7.24. The van der Waals surface area contributed by atoms with Gasteiger partial charge >= 0.3 is 0 Å². The molecule has 1 amide bonds. The normalized spacial score (nSPS) is 12.1. The zero-order valence-corrected chi connectivity index (χ0v) is 13.7. The van der Waals surface area contributed by atoms with Crippen molar-refractivity contribution in [3.8, 4) is 0 Å². The summed E-state index contributed by atoms with van der Waals surface area (Å²) in [4.78, 5) is 11.7. The Balaban J connectivity index is 2.23. The van der Waals surface area contributed by atoms with E-state index >= 15 is 0 Å². The average molecular weight is 329 g/mol. The van der Waals surface area contributed by atoms with Gasteiger partial charge in [0.25, 0.3) is 0 Å². The van der Waals surface area contributed by atoms with Gasteiger partial charge in [0.05, 0.1) is 4.90 Å². The standard InChI is InChI=1S/C18H19NO3S/c1-14-7-11-17(12-8-14)23(21,22)13-16(18(19)20)10-9-15-5-3-2-4-6-15/h2-8,11-13H,9-10H2,1H3,(H2,19,20)/b16-13+. The van der Waals surface area contributed by atoms with Crippen molar-refractivity contribution in [2.24, 2.45) is 5.73 Å². The highest BCUT2D eigenvalue weighted by Gasteiger charge is 2.15. The van der Waals surface area contributed by atoms with E-state index in [1.54, 1.807) is 12.1 Å². The summed E-state index contributed by atoms with van der Waals surface area (Å²) < 4.78 is 24.8. The number of carbonyl (C=O) groups excluding carboxylic acids is 1. The van der Waals surface area contributed by atoms with Crippen LogP contribution in [0.1, 0.15) is 17.5 Å². The van der Waals surface area contributed by atoms with Gasteiger partial charge in [-0.15, -0.1) is 0 Å². The quantitative estimate of drug-likeness (QED) is 0.828. The molecule has 0 unspecified atom stereocenters. The van der Waals surface area contributed by atoms with E-state index in [1.807, 2.05) is 37.3 Å². The van der Waals surface area contributed by atoms with Gasteiger partial charge in [0.2, 0.25) is 5.91 Å². The van der Waals surface area contributed by atoms with Gasteiger partial charge in [0.1, 0.15) is 0 Å². The van der Waals surface area contributed by atoms with Crippen LogP contribution in [0.15, 0.2) is 70.5 Å². The highest BCUT2D eigenvalue weighted by atomic mass is 32.2. The molecule has 0 aliphatic heterocycles. The van der Waals surface area contributed by atoms with Crippen LogP contribution >= 0.6 is 0 Å². The maximum atomic E-state index is 12.4. The molecule has 0 bridgehead atoms. The van der Waals surface area contributed by atoms with Gasteiger partial charge in [0, 0.05) is 11.0 Å². The number of hydrogen-bond acceptors (Lipinski definition) is 3. The number of rotatable bonds is 6. The summed E-state index contributed by atoms with van der Waals surface area (Å²) in [6.07, 6.45) is 0.837. The van der Waals surface area contributed by atoms with Crippen LogP contribution in [-0.4, -0.2) is 14.3 Å². The molecule has 0 heterocycles. The molecule has 0 saturated heterocycles. The van der Waals surface area contributed by atoms with Crippen molar-refractivity contribution in [2.45, 2.75) is 24.7 Å². The van der Waals surface area contributed by atoms with Crippen molar-refractivity contribution >= 4 is 15.7 Å². The monoisotopic (exact) mass is 329 g/mol. The zero-order valence-electron chi connectivity index (χ0n) is 12.9. The minimum absolute atomic E-state index is 0.106. The van der Waals surface area contributed by atoms with Crippen LogP contribution in [0.3, 0.4) is 0 Å². The molecule has 4 nitrogen and oxygen atoms in total. The van der Waals surface area contributed by atoms with E-state index in [9.17, 15) is 13.2 Å². The third-order valence-corrected chi connectivity index (χ3v) is 5.01. The number of sulfone groups is 1. The van der Waals surface area contributed by atoms with Gasteiger partial charge in [-0.05, 0) is 37.5 Å². The van der Waals surface area contributed by atoms with Gasteiger partial charge in [-0.25, -0.2) is 8.42 Å². The number of primary amides is 1. The molecule has 2 rings (SSSR count). The molecule has 120 valence electrons. The average Bonchev–Trinajstić information content (AvgIpc) is 2.52. The maximum absolute atomic E-state index is 12.4. The Labute approximate surface area is 136 Å². The number of aryl methyl sites for hydroxylation is 2. The van der Waals surface area contributed by atoms with Crippen LogP contribution in [0.4, 0.5) is 0 Å². The van der Waals surface area contributed by atoms with Crippen LogP contribution in [0.5, 0.6) is 0 Å². The molecule has 0 fully saturated rings. The van der Waals surface area contributed by atoms with Crippen molar-refractivity contribution in [3.63, 3.8) is 0 Å². The fraction of sp³-hybridized carbons (Fsp3) is 0.167. The Hall–Kier alpha value is -2.40. The molecule has 0 aliphatic rings. The second-order valence-corrected chi connectivity index (χ2v) is 7.15. The first kappa shape index (κ1) is 17.0. The second-order valence-electron chi connectivity index (χ2n) is 5.35. The van der Waals surface area contributed by atoms with E-state index in [0.717, 1.165) is 16.5 Å². The lowest BCUT2D eigenvalue weighted by atomic mass is 10.1. The lowest BCUT2D eigenvalue weighted by Crippen LogP contribution is -2.16. The summed E-state index contributed by atoms with van der Waals surface area (Å²) in [6, 6.07) is 16.0. The number of benzene rings is 2. The Bertz CT molecular complexity index is 807. The summed E-state index contributed by atoms with van der Waals surface area (Å²) in [5.41, 5.74) is 7.43. The largest absolute Gasteiger partial charge is 0.366 e. The van der Waals surface area contributed by atoms with Gasteiger partial charge in [0.15, 0.2) is 9.84 Å². The lowest BCUT2D eigenvalue weighted by Gasteiger charge is -2.06. The van der Waals surface area contributed by atoms with Crippen molar-refractivity contribution in [3.05, 3.63) is 76.7 Å². The van der Waals surface area contributed by atoms with Crippen LogP contribution in [0.2, 0.25) is 0 Å². The van der Waals surface area contributed by atoms with Crippen LogP contribution in [0.25, 0.3) is 0 Å². The van der Waals surface area contributed by atoms with Crippen molar-refractivity contribution in [1.29, 1.82) is 0 Å². The van der Waals surface area contributed by atoms with Gasteiger partial charge in [-0.3, -0.25) is 4.79 Å².